The molecule has 4 aromatic rings. The van der Waals surface area contributed by atoms with E-state index in [2.05, 4.69) is 0 Å². The highest BCUT2D eigenvalue weighted by Gasteiger charge is 2.34. The molecule has 0 heterocycles. The van der Waals surface area contributed by atoms with Crippen LogP contribution in [0.1, 0.15) is 92.9 Å². The van der Waals surface area contributed by atoms with Gasteiger partial charge in [-0.3, -0.25) is 9.59 Å². The minimum atomic E-state index is -1.63. The molecular weight excluding hydrogens is 550 g/mol. The van der Waals surface area contributed by atoms with E-state index in [0.29, 0.717) is 29.2 Å². The summed E-state index contributed by atoms with van der Waals surface area (Å²) in [6.07, 6.45) is 2.11. The molecule has 0 aliphatic heterocycles. The number of aromatic carboxylic acids is 3. The SMILES string of the molecule is O=C(c1ccccc1)c1cccc(CN(C(=O)c2cc(C(=O)O)c(C(=O)O)cc2C(=O)O)[C@H]2CCCc3ccccc32)c1. The van der Waals surface area contributed by atoms with E-state index in [0.717, 1.165) is 30.0 Å². The molecule has 0 fully saturated rings. The fourth-order valence-corrected chi connectivity index (χ4v) is 5.60. The third-order valence-corrected chi connectivity index (χ3v) is 7.63. The van der Waals surface area contributed by atoms with E-state index in [9.17, 15) is 39.3 Å². The van der Waals surface area contributed by atoms with Crippen molar-refractivity contribution in [3.05, 3.63) is 141 Å². The Kier molecular flexibility index (Phi) is 8.16. The summed E-state index contributed by atoms with van der Waals surface area (Å²) in [5.74, 6) is -5.77. The zero-order valence-electron chi connectivity index (χ0n) is 22.9. The zero-order chi connectivity index (χ0) is 30.7. The number of nitrogens with zero attached hydrogens (tertiary/aromatic N) is 1. The number of carbonyl (C=O) groups excluding carboxylic acids is 2. The van der Waals surface area contributed by atoms with Crippen molar-refractivity contribution in [3.8, 4) is 0 Å². The molecule has 4 aromatic carbocycles. The number of benzene rings is 4. The first-order valence-electron chi connectivity index (χ1n) is 13.6. The summed E-state index contributed by atoms with van der Waals surface area (Å²) >= 11 is 0. The lowest BCUT2D eigenvalue weighted by molar-refractivity contribution is 0.0611. The Bertz CT molecular complexity index is 1760. The van der Waals surface area contributed by atoms with Crippen LogP contribution in [-0.4, -0.2) is 49.8 Å². The summed E-state index contributed by atoms with van der Waals surface area (Å²) in [7, 11) is 0. The molecule has 1 amide bonds. The summed E-state index contributed by atoms with van der Waals surface area (Å²) in [6.45, 7) is -0.0180. The Morgan fingerprint density at radius 3 is 1.91 bits per heavy atom. The van der Waals surface area contributed by atoms with Gasteiger partial charge < -0.3 is 20.2 Å². The summed E-state index contributed by atoms with van der Waals surface area (Å²) < 4.78 is 0. The average Bonchev–Trinajstić information content (AvgIpc) is 3.02. The van der Waals surface area contributed by atoms with E-state index < -0.39 is 52.1 Å². The average molecular weight is 578 g/mol. The van der Waals surface area contributed by atoms with Gasteiger partial charge in [0.15, 0.2) is 5.78 Å². The van der Waals surface area contributed by atoms with Crippen molar-refractivity contribution in [3.63, 3.8) is 0 Å². The molecule has 1 atom stereocenters. The van der Waals surface area contributed by atoms with Gasteiger partial charge in [-0.1, -0.05) is 72.8 Å². The lowest BCUT2D eigenvalue weighted by Crippen LogP contribution is -2.37. The van der Waals surface area contributed by atoms with Gasteiger partial charge in [0.2, 0.25) is 0 Å². The van der Waals surface area contributed by atoms with Crippen molar-refractivity contribution in [2.24, 2.45) is 0 Å². The lowest BCUT2D eigenvalue weighted by atomic mass is 9.86. The summed E-state index contributed by atoms with van der Waals surface area (Å²) in [6, 6.07) is 24.2. The molecule has 0 saturated carbocycles. The van der Waals surface area contributed by atoms with Crippen LogP contribution in [-0.2, 0) is 13.0 Å². The first-order chi connectivity index (χ1) is 20.7. The number of carboxylic acid groups (broad SMARTS) is 3. The van der Waals surface area contributed by atoms with Crippen LogP contribution >= 0.6 is 0 Å². The Balaban J connectivity index is 1.63. The van der Waals surface area contributed by atoms with Crippen LogP contribution in [0.3, 0.4) is 0 Å². The number of hydrogen-bond acceptors (Lipinski definition) is 5. The molecular formula is C34H27NO8. The van der Waals surface area contributed by atoms with Crippen LogP contribution in [0.15, 0.2) is 91.0 Å². The smallest absolute Gasteiger partial charge is 0.336 e. The maximum atomic E-state index is 14.3. The summed E-state index contributed by atoms with van der Waals surface area (Å²) in [4.78, 5) is 64.9. The van der Waals surface area contributed by atoms with Crippen molar-refractivity contribution in [2.75, 3.05) is 0 Å². The molecule has 0 bridgehead atoms. The Labute approximate surface area is 246 Å². The molecule has 0 radical (unpaired) electrons. The van der Waals surface area contributed by atoms with Gasteiger partial charge in [0.05, 0.1) is 28.3 Å². The van der Waals surface area contributed by atoms with Crippen molar-refractivity contribution in [2.45, 2.75) is 31.8 Å². The Morgan fingerprint density at radius 2 is 1.23 bits per heavy atom. The molecule has 43 heavy (non-hydrogen) atoms. The normalized spacial score (nSPS) is 13.9. The monoisotopic (exact) mass is 577 g/mol. The highest BCUT2D eigenvalue weighted by atomic mass is 16.4. The predicted molar refractivity (Wildman–Crippen MR) is 156 cm³/mol. The van der Waals surface area contributed by atoms with Gasteiger partial charge >= 0.3 is 17.9 Å². The molecule has 3 N–H and O–H groups in total. The number of aryl methyl sites for hydroxylation is 1. The maximum Gasteiger partial charge on any atom is 0.336 e. The lowest BCUT2D eigenvalue weighted by Gasteiger charge is -2.36. The van der Waals surface area contributed by atoms with E-state index in [-0.39, 0.29) is 12.3 Å². The summed E-state index contributed by atoms with van der Waals surface area (Å²) in [5, 5.41) is 29.2. The van der Waals surface area contributed by atoms with E-state index in [1.807, 2.05) is 30.3 Å². The largest absolute Gasteiger partial charge is 0.478 e. The van der Waals surface area contributed by atoms with Gasteiger partial charge in [-0.15, -0.1) is 0 Å². The van der Waals surface area contributed by atoms with Crippen LogP contribution in [0.4, 0.5) is 0 Å². The topological polar surface area (TPSA) is 149 Å². The minimum Gasteiger partial charge on any atom is -0.478 e. The second-order valence-electron chi connectivity index (χ2n) is 10.3. The van der Waals surface area contributed by atoms with E-state index in [4.69, 9.17) is 0 Å². The fourth-order valence-electron chi connectivity index (χ4n) is 5.60. The fraction of sp³-hybridized carbons (Fsp3) is 0.147. The van der Waals surface area contributed by atoms with Gasteiger partial charge in [0.25, 0.3) is 5.91 Å². The number of carboxylic acids is 3. The molecule has 0 saturated heterocycles. The number of rotatable bonds is 9. The molecule has 0 unspecified atom stereocenters. The van der Waals surface area contributed by atoms with Crippen LogP contribution in [0.2, 0.25) is 0 Å². The van der Waals surface area contributed by atoms with Crippen LogP contribution in [0, 0.1) is 0 Å². The molecule has 0 aromatic heterocycles. The second kappa shape index (κ2) is 12.1. The third kappa shape index (κ3) is 5.92. The standard InChI is InChI=1S/C34H27NO8/c36-30(22-10-2-1-3-11-22)23-13-6-8-20(16-23)19-35(29-15-7-12-21-9-4-5-14-24(21)29)31(37)25-17-27(33(40)41)28(34(42)43)18-26(25)32(38)39/h1-6,8-11,13-14,16-18,29H,7,12,15,19H2,(H,38,39)(H,40,41)(H,42,43)/t29-/m0/s1. The highest BCUT2D eigenvalue weighted by molar-refractivity contribution is 6.11. The first kappa shape index (κ1) is 28.9. The number of amides is 1. The number of hydrogen-bond donors (Lipinski definition) is 3. The summed E-state index contributed by atoms with van der Waals surface area (Å²) in [5.41, 5.74) is 0.958. The maximum absolute atomic E-state index is 14.3. The number of carbonyl (C=O) groups is 5. The van der Waals surface area contributed by atoms with Crippen molar-refractivity contribution in [1.82, 2.24) is 4.90 Å². The van der Waals surface area contributed by atoms with Crippen molar-refractivity contribution in [1.29, 1.82) is 0 Å². The molecule has 1 aliphatic rings. The molecule has 0 spiro atoms. The minimum absolute atomic E-state index is 0.0180. The quantitative estimate of drug-likeness (QED) is 0.214. The molecule has 9 nitrogen and oxygen atoms in total. The van der Waals surface area contributed by atoms with Gasteiger partial charge in [-0.2, -0.15) is 0 Å². The number of fused-ring (bicyclic) bond motifs is 1. The highest BCUT2D eigenvalue weighted by Crippen LogP contribution is 2.37. The predicted octanol–water partition coefficient (Wildman–Crippen LogP) is 5.73. The Morgan fingerprint density at radius 1 is 0.651 bits per heavy atom. The zero-order valence-corrected chi connectivity index (χ0v) is 22.9. The third-order valence-electron chi connectivity index (χ3n) is 7.63. The van der Waals surface area contributed by atoms with Crippen molar-refractivity contribution >= 4 is 29.6 Å². The van der Waals surface area contributed by atoms with Crippen LogP contribution in [0.5, 0.6) is 0 Å². The molecule has 216 valence electrons. The van der Waals surface area contributed by atoms with Crippen LogP contribution < -0.4 is 0 Å². The van der Waals surface area contributed by atoms with Gasteiger partial charge in [0.1, 0.15) is 0 Å². The van der Waals surface area contributed by atoms with Gasteiger partial charge in [-0.05, 0) is 54.2 Å². The van der Waals surface area contributed by atoms with Crippen molar-refractivity contribution < 1.29 is 39.3 Å². The van der Waals surface area contributed by atoms with E-state index in [1.165, 1.54) is 4.90 Å². The first-order valence-corrected chi connectivity index (χ1v) is 13.6. The van der Waals surface area contributed by atoms with Gasteiger partial charge in [0, 0.05) is 17.7 Å². The van der Waals surface area contributed by atoms with Crippen LogP contribution in [0.25, 0.3) is 0 Å². The van der Waals surface area contributed by atoms with E-state index >= 15 is 0 Å². The number of ketones is 1. The molecule has 5 rings (SSSR count). The second-order valence-corrected chi connectivity index (χ2v) is 10.3. The molecule has 1 aliphatic carbocycles. The van der Waals surface area contributed by atoms with Gasteiger partial charge in [-0.25, -0.2) is 14.4 Å². The molecule has 9 heteroatoms. The Hall–Kier alpha value is -5.57. The van der Waals surface area contributed by atoms with E-state index in [1.54, 1.807) is 48.5 Å².